The van der Waals surface area contributed by atoms with Crippen LogP contribution in [0.15, 0.2) is 18.2 Å². The highest BCUT2D eigenvalue weighted by atomic mass is 16.6. The molecule has 1 heterocycles. The lowest BCUT2D eigenvalue weighted by Gasteiger charge is -2.17. The van der Waals surface area contributed by atoms with E-state index in [0.29, 0.717) is 13.0 Å². The first-order chi connectivity index (χ1) is 9.97. The number of anilines is 1. The fourth-order valence-corrected chi connectivity index (χ4v) is 2.17. The molecule has 21 heavy (non-hydrogen) atoms. The largest absolute Gasteiger partial charge is 0.451 e. The van der Waals surface area contributed by atoms with Gasteiger partial charge in [0.05, 0.1) is 0 Å². The molecule has 5 heteroatoms. The number of carbonyl (C=O) groups is 2. The van der Waals surface area contributed by atoms with Crippen LogP contribution in [0, 0.1) is 13.8 Å². The maximum Gasteiger partial charge on any atom is 0.336 e. The Kier molecular flexibility index (Phi) is 4.96. The van der Waals surface area contributed by atoms with Gasteiger partial charge in [0.1, 0.15) is 0 Å². The van der Waals surface area contributed by atoms with Crippen LogP contribution in [0.2, 0.25) is 0 Å². The van der Waals surface area contributed by atoms with E-state index in [-0.39, 0.29) is 5.91 Å². The SMILES string of the molecule is Cc1ccc(C)c(NC(=O)[C@@H](C)OC(=O)[C@@H]2CCCO2)c1. The van der Waals surface area contributed by atoms with E-state index in [1.54, 1.807) is 6.92 Å². The molecule has 2 atom stereocenters. The van der Waals surface area contributed by atoms with Crippen LogP contribution in [-0.4, -0.2) is 30.7 Å². The predicted molar refractivity (Wildman–Crippen MR) is 79.1 cm³/mol. The summed E-state index contributed by atoms with van der Waals surface area (Å²) in [5.74, 6) is -0.800. The number of benzene rings is 1. The summed E-state index contributed by atoms with van der Waals surface area (Å²) in [7, 11) is 0. The highest BCUT2D eigenvalue weighted by molar-refractivity contribution is 5.96. The van der Waals surface area contributed by atoms with Crippen LogP contribution < -0.4 is 5.32 Å². The van der Waals surface area contributed by atoms with Gasteiger partial charge in [0.25, 0.3) is 5.91 Å². The molecule has 1 saturated heterocycles. The maximum absolute atomic E-state index is 12.1. The molecule has 1 amide bonds. The van der Waals surface area contributed by atoms with Gasteiger partial charge < -0.3 is 14.8 Å². The molecule has 0 bridgehead atoms. The van der Waals surface area contributed by atoms with Crippen LogP contribution in [0.1, 0.15) is 30.9 Å². The molecule has 1 aliphatic rings. The molecule has 0 aromatic heterocycles. The molecule has 1 aromatic carbocycles. The number of nitrogens with one attached hydrogen (secondary N) is 1. The Morgan fingerprint density at radius 2 is 2.14 bits per heavy atom. The average molecular weight is 291 g/mol. The maximum atomic E-state index is 12.1. The van der Waals surface area contributed by atoms with Crippen molar-refractivity contribution in [1.29, 1.82) is 0 Å². The molecule has 0 spiro atoms. The number of ether oxygens (including phenoxy) is 2. The Morgan fingerprint density at radius 1 is 1.38 bits per heavy atom. The van der Waals surface area contributed by atoms with Crippen LogP contribution in [0.25, 0.3) is 0 Å². The molecule has 1 aliphatic heterocycles. The van der Waals surface area contributed by atoms with Crippen molar-refractivity contribution in [2.24, 2.45) is 0 Å². The zero-order valence-electron chi connectivity index (χ0n) is 12.6. The van der Waals surface area contributed by atoms with E-state index in [1.807, 2.05) is 32.0 Å². The Hall–Kier alpha value is -1.88. The molecular weight excluding hydrogens is 270 g/mol. The summed E-state index contributed by atoms with van der Waals surface area (Å²) in [6.07, 6.45) is 0.134. The quantitative estimate of drug-likeness (QED) is 0.865. The van der Waals surface area contributed by atoms with Gasteiger partial charge in [0.2, 0.25) is 0 Å². The van der Waals surface area contributed by atoms with Crippen molar-refractivity contribution in [2.45, 2.75) is 45.8 Å². The summed E-state index contributed by atoms with van der Waals surface area (Å²) in [5.41, 5.74) is 2.76. The number of esters is 1. The summed E-state index contributed by atoms with van der Waals surface area (Å²) in [6, 6.07) is 5.81. The van der Waals surface area contributed by atoms with E-state index in [4.69, 9.17) is 9.47 Å². The van der Waals surface area contributed by atoms with Crippen molar-refractivity contribution < 1.29 is 19.1 Å². The second-order valence-corrected chi connectivity index (χ2v) is 5.39. The zero-order chi connectivity index (χ0) is 15.4. The van der Waals surface area contributed by atoms with E-state index in [9.17, 15) is 9.59 Å². The van der Waals surface area contributed by atoms with E-state index in [2.05, 4.69) is 5.32 Å². The summed E-state index contributed by atoms with van der Waals surface area (Å²) >= 11 is 0. The number of hydrogen-bond donors (Lipinski definition) is 1. The average Bonchev–Trinajstić information content (AvgIpc) is 2.97. The standard InChI is InChI=1S/C16H21NO4/c1-10-6-7-11(2)13(9-10)17-15(18)12(3)21-16(19)14-5-4-8-20-14/h6-7,9,12,14H,4-5,8H2,1-3H3,(H,17,18)/t12-,14+/m1/s1. The summed E-state index contributed by atoms with van der Waals surface area (Å²) in [6.45, 7) is 6.00. The van der Waals surface area contributed by atoms with Crippen molar-refractivity contribution in [2.75, 3.05) is 11.9 Å². The van der Waals surface area contributed by atoms with Crippen molar-refractivity contribution in [3.63, 3.8) is 0 Å². The van der Waals surface area contributed by atoms with Gasteiger partial charge in [0, 0.05) is 12.3 Å². The predicted octanol–water partition coefficient (Wildman–Crippen LogP) is 2.35. The minimum atomic E-state index is -0.846. The van der Waals surface area contributed by atoms with Crippen LogP contribution in [0.4, 0.5) is 5.69 Å². The topological polar surface area (TPSA) is 64.6 Å². The normalized spacial score (nSPS) is 19.1. The number of aryl methyl sites for hydroxylation is 2. The summed E-state index contributed by atoms with van der Waals surface area (Å²) in [4.78, 5) is 23.9. The van der Waals surface area contributed by atoms with Gasteiger partial charge in [-0.3, -0.25) is 4.79 Å². The second kappa shape index (κ2) is 6.72. The van der Waals surface area contributed by atoms with Gasteiger partial charge in [-0.05, 0) is 50.8 Å². The van der Waals surface area contributed by atoms with Gasteiger partial charge in [-0.1, -0.05) is 12.1 Å². The second-order valence-electron chi connectivity index (χ2n) is 5.39. The third-order valence-corrected chi connectivity index (χ3v) is 3.51. The number of rotatable bonds is 4. The van der Waals surface area contributed by atoms with Gasteiger partial charge in [-0.25, -0.2) is 4.79 Å². The minimum Gasteiger partial charge on any atom is -0.451 e. The molecule has 2 rings (SSSR count). The first-order valence-corrected chi connectivity index (χ1v) is 7.17. The highest BCUT2D eigenvalue weighted by Crippen LogP contribution is 2.18. The highest BCUT2D eigenvalue weighted by Gasteiger charge is 2.28. The zero-order valence-corrected chi connectivity index (χ0v) is 12.6. The monoisotopic (exact) mass is 291 g/mol. The van der Waals surface area contributed by atoms with Crippen LogP contribution in [0.3, 0.4) is 0 Å². The van der Waals surface area contributed by atoms with Gasteiger partial charge in [-0.15, -0.1) is 0 Å². The molecule has 5 nitrogen and oxygen atoms in total. The van der Waals surface area contributed by atoms with Gasteiger partial charge in [-0.2, -0.15) is 0 Å². The Bertz CT molecular complexity index is 535. The van der Waals surface area contributed by atoms with Gasteiger partial charge >= 0.3 is 5.97 Å². The summed E-state index contributed by atoms with van der Waals surface area (Å²) < 4.78 is 10.4. The van der Waals surface area contributed by atoms with Gasteiger partial charge in [0.15, 0.2) is 12.2 Å². The molecule has 1 aromatic rings. The number of carbonyl (C=O) groups excluding carboxylic acids is 2. The molecule has 0 unspecified atom stereocenters. The van der Waals surface area contributed by atoms with E-state index in [0.717, 1.165) is 23.2 Å². The smallest absolute Gasteiger partial charge is 0.336 e. The molecule has 0 aliphatic carbocycles. The molecule has 114 valence electrons. The van der Waals surface area contributed by atoms with Crippen LogP contribution in [0.5, 0.6) is 0 Å². The lowest BCUT2D eigenvalue weighted by Crippen LogP contribution is -2.34. The van der Waals surface area contributed by atoms with E-state index in [1.165, 1.54) is 0 Å². The van der Waals surface area contributed by atoms with Crippen molar-refractivity contribution >= 4 is 17.6 Å². The first kappa shape index (κ1) is 15.5. The minimum absolute atomic E-state index is 0.338. The Labute approximate surface area is 124 Å². The Morgan fingerprint density at radius 3 is 2.81 bits per heavy atom. The Balaban J connectivity index is 1.93. The summed E-state index contributed by atoms with van der Waals surface area (Å²) in [5, 5.41) is 2.79. The molecule has 1 fully saturated rings. The number of amides is 1. The third-order valence-electron chi connectivity index (χ3n) is 3.51. The first-order valence-electron chi connectivity index (χ1n) is 7.17. The van der Waals surface area contributed by atoms with Crippen molar-refractivity contribution in [3.8, 4) is 0 Å². The molecule has 0 saturated carbocycles. The molecular formula is C16H21NO4. The van der Waals surface area contributed by atoms with Crippen LogP contribution >= 0.6 is 0 Å². The fourth-order valence-electron chi connectivity index (χ4n) is 2.17. The van der Waals surface area contributed by atoms with E-state index >= 15 is 0 Å². The third kappa shape index (κ3) is 4.04. The lowest BCUT2D eigenvalue weighted by molar-refractivity contribution is -0.162. The van der Waals surface area contributed by atoms with Crippen molar-refractivity contribution in [3.05, 3.63) is 29.3 Å². The lowest BCUT2D eigenvalue weighted by atomic mass is 10.1. The molecule has 1 N–H and O–H groups in total. The fraction of sp³-hybridized carbons (Fsp3) is 0.500. The van der Waals surface area contributed by atoms with E-state index < -0.39 is 18.2 Å². The van der Waals surface area contributed by atoms with Crippen molar-refractivity contribution in [1.82, 2.24) is 0 Å². The molecule has 0 radical (unpaired) electrons. The number of hydrogen-bond acceptors (Lipinski definition) is 4. The van der Waals surface area contributed by atoms with Crippen LogP contribution in [-0.2, 0) is 19.1 Å².